The van der Waals surface area contributed by atoms with Gasteiger partial charge in [0.15, 0.2) is 0 Å². The van der Waals surface area contributed by atoms with Gasteiger partial charge in [0.05, 0.1) is 35.0 Å². The number of amides is 1. The highest BCUT2D eigenvalue weighted by molar-refractivity contribution is 6.32. The number of aryl methyl sites for hydroxylation is 1. The van der Waals surface area contributed by atoms with E-state index in [4.69, 9.17) is 25.8 Å². The number of hydrogen-bond donors (Lipinski definition) is 2. The fraction of sp³-hybridized carbons (Fsp3) is 0.265. The number of nitrogens with one attached hydrogen (secondary N) is 2. The van der Waals surface area contributed by atoms with Crippen LogP contribution in [0.5, 0.6) is 11.5 Å². The maximum atomic E-state index is 12.9. The van der Waals surface area contributed by atoms with Crippen LogP contribution in [0.3, 0.4) is 0 Å². The number of carbonyl (C=O) groups excluding carboxylic acids is 1. The molecule has 226 valence electrons. The lowest BCUT2D eigenvalue weighted by molar-refractivity contribution is -0.111. The van der Waals surface area contributed by atoms with Crippen molar-refractivity contribution in [1.29, 1.82) is 5.26 Å². The molecule has 10 heteroatoms. The van der Waals surface area contributed by atoms with Gasteiger partial charge in [0.1, 0.15) is 36.0 Å². The van der Waals surface area contributed by atoms with Gasteiger partial charge in [-0.3, -0.25) is 9.78 Å². The molecule has 0 spiro atoms. The van der Waals surface area contributed by atoms with Gasteiger partial charge in [0.2, 0.25) is 5.91 Å². The molecule has 3 aromatic carbocycles. The number of benzene rings is 3. The lowest BCUT2D eigenvalue weighted by Crippen LogP contribution is -2.18. The van der Waals surface area contributed by atoms with Gasteiger partial charge in [-0.15, -0.1) is 0 Å². The maximum absolute atomic E-state index is 12.9. The molecule has 1 amide bonds. The van der Waals surface area contributed by atoms with Crippen LogP contribution in [-0.4, -0.2) is 55.7 Å². The quantitative estimate of drug-likeness (QED) is 0.182. The smallest absolute Gasteiger partial charge is 0.248 e. The summed E-state index contributed by atoms with van der Waals surface area (Å²) < 4.78 is 17.7. The van der Waals surface area contributed by atoms with Crippen molar-refractivity contribution in [3.8, 4) is 17.6 Å². The van der Waals surface area contributed by atoms with Crippen molar-refractivity contribution in [1.82, 2.24) is 9.88 Å². The molecule has 1 aliphatic rings. The number of nitriles is 1. The lowest BCUT2D eigenvalue weighted by Gasteiger charge is -2.19. The van der Waals surface area contributed by atoms with E-state index in [-0.39, 0.29) is 12.0 Å². The first-order valence-electron chi connectivity index (χ1n) is 14.3. The van der Waals surface area contributed by atoms with E-state index in [2.05, 4.69) is 21.7 Å². The first kappa shape index (κ1) is 30.8. The van der Waals surface area contributed by atoms with Gasteiger partial charge in [-0.25, -0.2) is 0 Å². The molecule has 4 aromatic rings. The zero-order chi connectivity index (χ0) is 31.1. The van der Waals surface area contributed by atoms with Crippen LogP contribution in [0, 0.1) is 18.3 Å². The molecule has 0 bridgehead atoms. The number of aromatic nitrogens is 1. The fourth-order valence-electron chi connectivity index (χ4n) is 4.69. The van der Waals surface area contributed by atoms with E-state index < -0.39 is 0 Å². The van der Waals surface area contributed by atoms with Crippen molar-refractivity contribution in [3.05, 3.63) is 94.7 Å². The Labute approximate surface area is 262 Å². The van der Waals surface area contributed by atoms with E-state index in [1.807, 2.05) is 62.3 Å². The standard InChI is InChI=1S/C34H34ClN5O4/c1-22-6-8-23(9-7-22)20-43-29-12-10-25(17-28(29)35)38-32-24(18-36)19-37-33-27(32)11-13-30(44-26-14-16-42-21-26)34(33)39-31(41)5-4-15-40(2)3/h4-13,17,19,26H,14-16,20-21H2,1-3H3,(H,37,38)(H,39,41)/b5-4+. The highest BCUT2D eigenvalue weighted by atomic mass is 35.5. The summed E-state index contributed by atoms with van der Waals surface area (Å²) >= 11 is 6.60. The topological polar surface area (TPSA) is 109 Å². The maximum Gasteiger partial charge on any atom is 0.248 e. The summed E-state index contributed by atoms with van der Waals surface area (Å²) in [5.74, 6) is 0.701. The summed E-state index contributed by atoms with van der Waals surface area (Å²) in [6, 6.07) is 19.3. The highest BCUT2D eigenvalue weighted by Gasteiger charge is 2.22. The van der Waals surface area contributed by atoms with Crippen molar-refractivity contribution in [2.75, 3.05) is 44.5 Å². The number of rotatable bonds is 11. The Bertz CT molecular complexity index is 1710. The van der Waals surface area contributed by atoms with Crippen molar-refractivity contribution in [3.63, 3.8) is 0 Å². The van der Waals surface area contributed by atoms with Crippen LogP contribution in [0.2, 0.25) is 5.02 Å². The van der Waals surface area contributed by atoms with Crippen molar-refractivity contribution >= 4 is 45.5 Å². The zero-order valence-corrected chi connectivity index (χ0v) is 25.6. The minimum Gasteiger partial charge on any atom is -0.487 e. The number of halogens is 1. The number of anilines is 3. The molecule has 0 saturated carbocycles. The number of ether oxygens (including phenoxy) is 3. The van der Waals surface area contributed by atoms with E-state index in [0.29, 0.717) is 76.4 Å². The molecule has 2 heterocycles. The Balaban J connectivity index is 1.45. The van der Waals surface area contributed by atoms with Crippen molar-refractivity contribution in [2.45, 2.75) is 26.1 Å². The first-order valence-corrected chi connectivity index (χ1v) is 14.7. The Morgan fingerprint density at radius 3 is 2.66 bits per heavy atom. The average Bonchev–Trinajstić information content (AvgIpc) is 3.52. The molecule has 0 radical (unpaired) electrons. The largest absolute Gasteiger partial charge is 0.487 e. The summed E-state index contributed by atoms with van der Waals surface area (Å²) in [5.41, 5.74) is 4.62. The van der Waals surface area contributed by atoms with Gasteiger partial charge in [-0.2, -0.15) is 5.26 Å². The zero-order valence-electron chi connectivity index (χ0n) is 24.9. The Morgan fingerprint density at radius 1 is 1.16 bits per heavy atom. The predicted molar refractivity (Wildman–Crippen MR) is 173 cm³/mol. The number of pyridine rings is 1. The first-order chi connectivity index (χ1) is 21.3. The normalized spacial score (nSPS) is 14.6. The molecular weight excluding hydrogens is 578 g/mol. The number of hydrogen-bond acceptors (Lipinski definition) is 8. The Morgan fingerprint density at radius 2 is 1.95 bits per heavy atom. The second kappa shape index (κ2) is 14.2. The number of likely N-dealkylation sites (N-methyl/N-ethyl adjacent to an activating group) is 1. The highest BCUT2D eigenvalue weighted by Crippen LogP contribution is 2.39. The summed E-state index contributed by atoms with van der Waals surface area (Å²) in [6.45, 7) is 4.12. The van der Waals surface area contributed by atoms with E-state index in [1.165, 1.54) is 17.8 Å². The summed E-state index contributed by atoms with van der Waals surface area (Å²) in [7, 11) is 3.85. The monoisotopic (exact) mass is 611 g/mol. The molecule has 2 N–H and O–H groups in total. The van der Waals surface area contributed by atoms with Crippen LogP contribution in [0.4, 0.5) is 17.1 Å². The second-order valence-electron chi connectivity index (χ2n) is 10.8. The third-order valence-electron chi connectivity index (χ3n) is 7.01. The predicted octanol–water partition coefficient (Wildman–Crippen LogP) is 6.61. The van der Waals surface area contributed by atoms with Gasteiger partial charge in [-0.05, 0) is 56.9 Å². The molecule has 44 heavy (non-hydrogen) atoms. The molecule has 1 aliphatic heterocycles. The minimum absolute atomic E-state index is 0.141. The van der Waals surface area contributed by atoms with Gasteiger partial charge in [-0.1, -0.05) is 47.5 Å². The van der Waals surface area contributed by atoms with E-state index in [9.17, 15) is 10.1 Å². The van der Waals surface area contributed by atoms with Crippen molar-refractivity contribution in [2.24, 2.45) is 0 Å². The van der Waals surface area contributed by atoms with Gasteiger partial charge >= 0.3 is 0 Å². The molecule has 1 fully saturated rings. The number of nitrogens with zero attached hydrogens (tertiary/aromatic N) is 3. The molecule has 5 rings (SSSR count). The lowest BCUT2D eigenvalue weighted by atomic mass is 10.1. The van der Waals surface area contributed by atoms with Crippen LogP contribution in [0.1, 0.15) is 23.1 Å². The second-order valence-corrected chi connectivity index (χ2v) is 11.2. The van der Waals surface area contributed by atoms with E-state index in [1.54, 1.807) is 24.3 Å². The van der Waals surface area contributed by atoms with Gasteiger partial charge in [0, 0.05) is 36.3 Å². The molecular formula is C34H34ClN5O4. The molecule has 1 aromatic heterocycles. The van der Waals surface area contributed by atoms with Crippen LogP contribution in [0.15, 0.2) is 72.9 Å². The van der Waals surface area contributed by atoms with Crippen LogP contribution in [-0.2, 0) is 16.1 Å². The minimum atomic E-state index is -0.319. The summed E-state index contributed by atoms with van der Waals surface area (Å²) in [4.78, 5) is 19.5. The molecule has 1 saturated heterocycles. The fourth-order valence-corrected chi connectivity index (χ4v) is 4.93. The average molecular weight is 612 g/mol. The third kappa shape index (κ3) is 7.66. The third-order valence-corrected chi connectivity index (χ3v) is 7.30. The Hall–Kier alpha value is -4.62. The van der Waals surface area contributed by atoms with Crippen LogP contribution >= 0.6 is 11.6 Å². The van der Waals surface area contributed by atoms with Gasteiger partial charge < -0.3 is 29.7 Å². The number of fused-ring (bicyclic) bond motifs is 1. The van der Waals surface area contributed by atoms with E-state index >= 15 is 0 Å². The molecule has 0 aliphatic carbocycles. The molecule has 9 nitrogen and oxygen atoms in total. The molecule has 1 unspecified atom stereocenters. The summed E-state index contributed by atoms with van der Waals surface area (Å²) in [6.07, 6.45) is 5.34. The Kier molecular flexibility index (Phi) is 9.97. The summed E-state index contributed by atoms with van der Waals surface area (Å²) in [5, 5.41) is 17.3. The van der Waals surface area contributed by atoms with Crippen LogP contribution < -0.4 is 20.1 Å². The molecule has 1 atom stereocenters. The van der Waals surface area contributed by atoms with Crippen LogP contribution in [0.25, 0.3) is 10.9 Å². The van der Waals surface area contributed by atoms with E-state index in [0.717, 1.165) is 12.0 Å². The van der Waals surface area contributed by atoms with Gasteiger partial charge in [0.25, 0.3) is 0 Å². The van der Waals surface area contributed by atoms with Crippen molar-refractivity contribution < 1.29 is 19.0 Å². The number of carbonyl (C=O) groups is 1. The SMILES string of the molecule is Cc1ccc(COc2ccc(Nc3c(C#N)cnc4c(NC(=O)/C=C/CN(C)C)c(OC5CCOC5)ccc34)cc2Cl)cc1.